The third-order valence-electron chi connectivity index (χ3n) is 4.33. The van der Waals surface area contributed by atoms with Gasteiger partial charge in [-0.05, 0) is 43.9 Å². The number of aryl methyl sites for hydroxylation is 1. The fraction of sp³-hybridized carbons (Fsp3) is 0.421. The molecule has 1 aliphatic rings. The highest BCUT2D eigenvalue weighted by molar-refractivity contribution is 7.15. The molecule has 6 nitrogen and oxygen atoms in total. The average Bonchev–Trinajstić information content (AvgIpc) is 3.03. The van der Waals surface area contributed by atoms with E-state index in [0.29, 0.717) is 18.2 Å². The normalized spacial score (nSPS) is 15.8. The molecule has 1 unspecified atom stereocenters. The van der Waals surface area contributed by atoms with Gasteiger partial charge in [0, 0.05) is 4.88 Å². The van der Waals surface area contributed by atoms with E-state index in [2.05, 4.69) is 10.3 Å². The SMILES string of the molecule is CCOC(=O)C1CCc2nc(NC(=O)Cc3ccc(OC)cc3)sc2C1. The molecule has 2 aromatic rings. The molecule has 0 bridgehead atoms. The largest absolute Gasteiger partial charge is 0.497 e. The molecule has 0 aliphatic heterocycles. The molecule has 1 atom stereocenters. The fourth-order valence-corrected chi connectivity index (χ4v) is 4.09. The summed E-state index contributed by atoms with van der Waals surface area (Å²) in [6.07, 6.45) is 2.40. The van der Waals surface area contributed by atoms with Crippen molar-refractivity contribution in [1.29, 1.82) is 0 Å². The summed E-state index contributed by atoms with van der Waals surface area (Å²) < 4.78 is 10.2. The first-order valence-electron chi connectivity index (χ1n) is 8.67. The van der Waals surface area contributed by atoms with Crippen molar-refractivity contribution in [3.8, 4) is 5.75 Å². The quantitative estimate of drug-likeness (QED) is 0.787. The van der Waals surface area contributed by atoms with Gasteiger partial charge in [-0.1, -0.05) is 12.1 Å². The van der Waals surface area contributed by atoms with Crippen molar-refractivity contribution in [3.63, 3.8) is 0 Å². The number of nitrogens with zero attached hydrogens (tertiary/aromatic N) is 1. The highest BCUT2D eigenvalue weighted by Crippen LogP contribution is 2.33. The van der Waals surface area contributed by atoms with Crippen molar-refractivity contribution in [2.75, 3.05) is 19.0 Å². The van der Waals surface area contributed by atoms with Crippen molar-refractivity contribution in [2.24, 2.45) is 5.92 Å². The summed E-state index contributed by atoms with van der Waals surface area (Å²) in [5.74, 6) is 0.406. The average molecular weight is 374 g/mol. The number of benzene rings is 1. The van der Waals surface area contributed by atoms with Crippen molar-refractivity contribution < 1.29 is 19.1 Å². The number of hydrogen-bond acceptors (Lipinski definition) is 6. The van der Waals surface area contributed by atoms with Gasteiger partial charge in [-0.15, -0.1) is 11.3 Å². The molecule has 0 saturated carbocycles. The van der Waals surface area contributed by atoms with Crippen LogP contribution in [0.4, 0.5) is 5.13 Å². The summed E-state index contributed by atoms with van der Waals surface area (Å²) >= 11 is 1.45. The first-order valence-corrected chi connectivity index (χ1v) is 9.48. The summed E-state index contributed by atoms with van der Waals surface area (Å²) in [4.78, 5) is 29.8. The molecule has 26 heavy (non-hydrogen) atoms. The Hall–Kier alpha value is -2.41. The fourth-order valence-electron chi connectivity index (χ4n) is 2.98. The predicted octanol–water partition coefficient (Wildman–Crippen LogP) is 3.00. The number of aromatic nitrogens is 1. The van der Waals surface area contributed by atoms with Crippen LogP contribution in [0.5, 0.6) is 5.75 Å². The Bertz CT molecular complexity index is 785. The molecule has 1 N–H and O–H groups in total. The topological polar surface area (TPSA) is 77.5 Å². The van der Waals surface area contributed by atoms with Gasteiger partial charge in [0.05, 0.1) is 31.7 Å². The third-order valence-corrected chi connectivity index (χ3v) is 5.37. The van der Waals surface area contributed by atoms with Crippen molar-refractivity contribution in [2.45, 2.75) is 32.6 Å². The number of thiazole rings is 1. The molecular formula is C19H22N2O4S. The van der Waals surface area contributed by atoms with Crippen LogP contribution in [0.15, 0.2) is 24.3 Å². The lowest BCUT2D eigenvalue weighted by Gasteiger charge is -2.18. The van der Waals surface area contributed by atoms with E-state index in [4.69, 9.17) is 9.47 Å². The molecule has 0 saturated heterocycles. The maximum Gasteiger partial charge on any atom is 0.309 e. The number of anilines is 1. The number of ether oxygens (including phenoxy) is 2. The van der Waals surface area contributed by atoms with Gasteiger partial charge in [-0.2, -0.15) is 0 Å². The van der Waals surface area contributed by atoms with Crippen LogP contribution in [0.3, 0.4) is 0 Å². The van der Waals surface area contributed by atoms with Gasteiger partial charge < -0.3 is 14.8 Å². The minimum atomic E-state index is -0.142. The Labute approximate surface area is 156 Å². The lowest BCUT2D eigenvalue weighted by molar-refractivity contribution is -0.148. The van der Waals surface area contributed by atoms with Gasteiger partial charge >= 0.3 is 5.97 Å². The number of carbonyl (C=O) groups is 2. The summed E-state index contributed by atoms with van der Waals surface area (Å²) in [5.41, 5.74) is 1.89. The monoisotopic (exact) mass is 374 g/mol. The summed E-state index contributed by atoms with van der Waals surface area (Å²) in [5, 5.41) is 3.46. The summed E-state index contributed by atoms with van der Waals surface area (Å²) in [7, 11) is 1.61. The molecule has 1 aromatic heterocycles. The number of hydrogen-bond donors (Lipinski definition) is 1. The van der Waals surface area contributed by atoms with Crippen molar-refractivity contribution in [3.05, 3.63) is 40.4 Å². The molecule has 138 valence electrons. The molecule has 0 spiro atoms. The number of rotatable bonds is 6. The second-order valence-electron chi connectivity index (χ2n) is 6.15. The Kier molecular flexibility index (Phi) is 5.88. The zero-order chi connectivity index (χ0) is 18.5. The van der Waals surface area contributed by atoms with Gasteiger partial charge in [0.1, 0.15) is 5.75 Å². The molecule has 1 aliphatic carbocycles. The number of methoxy groups -OCH3 is 1. The molecule has 1 aromatic carbocycles. The number of esters is 1. The molecule has 7 heteroatoms. The smallest absolute Gasteiger partial charge is 0.309 e. The van der Waals surface area contributed by atoms with E-state index in [1.54, 1.807) is 7.11 Å². The van der Waals surface area contributed by atoms with E-state index < -0.39 is 0 Å². The van der Waals surface area contributed by atoms with Gasteiger partial charge in [-0.3, -0.25) is 9.59 Å². The minimum Gasteiger partial charge on any atom is -0.497 e. The predicted molar refractivity (Wildman–Crippen MR) is 99.6 cm³/mol. The summed E-state index contributed by atoms with van der Waals surface area (Å²) in [6, 6.07) is 7.41. The molecule has 3 rings (SSSR count). The van der Waals surface area contributed by atoms with E-state index >= 15 is 0 Å². The Morgan fingerprint density at radius 2 is 2.08 bits per heavy atom. The van der Waals surface area contributed by atoms with E-state index in [1.807, 2.05) is 31.2 Å². The molecular weight excluding hydrogens is 352 g/mol. The van der Waals surface area contributed by atoms with Crippen LogP contribution in [-0.4, -0.2) is 30.6 Å². The van der Waals surface area contributed by atoms with E-state index in [-0.39, 0.29) is 24.2 Å². The number of nitrogens with one attached hydrogen (secondary N) is 1. The van der Waals surface area contributed by atoms with E-state index in [0.717, 1.165) is 34.7 Å². The molecule has 1 amide bonds. The lowest BCUT2D eigenvalue weighted by Crippen LogP contribution is -2.24. The number of amides is 1. The highest BCUT2D eigenvalue weighted by atomic mass is 32.1. The van der Waals surface area contributed by atoms with Crippen LogP contribution < -0.4 is 10.1 Å². The molecule has 0 radical (unpaired) electrons. The Balaban J connectivity index is 1.59. The van der Waals surface area contributed by atoms with E-state index in [1.165, 1.54) is 11.3 Å². The number of carbonyl (C=O) groups excluding carboxylic acids is 2. The van der Waals surface area contributed by atoms with Crippen LogP contribution in [0.2, 0.25) is 0 Å². The van der Waals surface area contributed by atoms with Crippen LogP contribution in [-0.2, 0) is 33.6 Å². The first-order chi connectivity index (χ1) is 12.6. The van der Waals surface area contributed by atoms with Gasteiger partial charge in [0.2, 0.25) is 5.91 Å². The third kappa shape index (κ3) is 4.40. The van der Waals surface area contributed by atoms with Gasteiger partial charge in [0.15, 0.2) is 5.13 Å². The Morgan fingerprint density at radius 1 is 1.31 bits per heavy atom. The van der Waals surface area contributed by atoms with E-state index in [9.17, 15) is 9.59 Å². The number of fused-ring (bicyclic) bond motifs is 1. The van der Waals surface area contributed by atoms with Crippen molar-refractivity contribution in [1.82, 2.24) is 4.98 Å². The minimum absolute atomic E-state index is 0.106. The second kappa shape index (κ2) is 8.31. The zero-order valence-corrected chi connectivity index (χ0v) is 15.7. The van der Waals surface area contributed by atoms with Crippen molar-refractivity contribution >= 4 is 28.3 Å². The molecule has 1 heterocycles. The van der Waals surface area contributed by atoms with Crippen LogP contribution in [0.25, 0.3) is 0 Å². The highest BCUT2D eigenvalue weighted by Gasteiger charge is 2.28. The van der Waals surface area contributed by atoms with Gasteiger partial charge in [-0.25, -0.2) is 4.98 Å². The maximum absolute atomic E-state index is 12.3. The van der Waals surface area contributed by atoms with Crippen LogP contribution in [0.1, 0.15) is 29.5 Å². The second-order valence-corrected chi connectivity index (χ2v) is 7.24. The lowest BCUT2D eigenvalue weighted by atomic mass is 9.91. The first kappa shape index (κ1) is 18.4. The summed E-state index contributed by atoms with van der Waals surface area (Å²) in [6.45, 7) is 2.22. The Morgan fingerprint density at radius 3 is 2.77 bits per heavy atom. The molecule has 0 fully saturated rings. The standard InChI is InChI=1S/C19H22N2O4S/c1-3-25-18(23)13-6-9-15-16(11-13)26-19(20-15)21-17(22)10-12-4-7-14(24-2)8-5-12/h4-5,7-8,13H,3,6,9-11H2,1-2H3,(H,20,21,22). The zero-order valence-electron chi connectivity index (χ0n) is 14.9. The van der Waals surface area contributed by atoms with Crippen LogP contribution in [0, 0.1) is 5.92 Å². The van der Waals surface area contributed by atoms with Crippen LogP contribution >= 0.6 is 11.3 Å². The maximum atomic E-state index is 12.3. The van der Waals surface area contributed by atoms with Gasteiger partial charge in [0.25, 0.3) is 0 Å².